The fraction of sp³-hybridized carbons (Fsp3) is 0.250. The molecule has 0 N–H and O–H groups in total. The van der Waals surface area contributed by atoms with Gasteiger partial charge in [-0.25, -0.2) is 0 Å². The lowest BCUT2D eigenvalue weighted by molar-refractivity contribution is 0.878. The number of benzene rings is 1. The van der Waals surface area contributed by atoms with Crippen molar-refractivity contribution in [2.45, 2.75) is 8.13 Å². The summed E-state index contributed by atoms with van der Waals surface area (Å²) in [6.45, 7) is 0. The van der Waals surface area contributed by atoms with Crippen LogP contribution in [0.4, 0.5) is 0 Å². The molecule has 0 saturated heterocycles. The van der Waals surface area contributed by atoms with Crippen molar-refractivity contribution in [2.75, 3.05) is 0 Å². The van der Waals surface area contributed by atoms with Crippen LogP contribution in [0.5, 0.6) is 0 Å². The Hall–Kier alpha value is 1.83. The second kappa shape index (κ2) is 5.68. The first-order chi connectivity index (χ1) is 7.50. The highest BCUT2D eigenvalue weighted by Gasteiger charge is 2.49. The van der Waals surface area contributed by atoms with E-state index in [2.05, 4.69) is 0 Å². The molecule has 0 nitrogen and oxygen atoms in total. The first-order valence-corrected chi connectivity index (χ1v) is 7.18. The highest BCUT2D eigenvalue weighted by molar-refractivity contribution is 6.75. The fourth-order valence-corrected chi connectivity index (χ4v) is 2.60. The van der Waals surface area contributed by atoms with Gasteiger partial charge >= 0.3 is 0 Å². The van der Waals surface area contributed by atoms with Crippen molar-refractivity contribution in [1.82, 2.24) is 0 Å². The molecule has 0 unspecified atom stereocenters. The van der Waals surface area contributed by atoms with E-state index in [1.54, 1.807) is 0 Å². The fourth-order valence-electron chi connectivity index (χ4n) is 0.954. The zero-order chi connectivity index (χ0) is 13.6. The lowest BCUT2D eigenvalue weighted by Crippen LogP contribution is -2.28. The molecule has 1 rings (SSSR count). The van der Waals surface area contributed by atoms with Crippen molar-refractivity contribution < 1.29 is 0 Å². The predicted molar refractivity (Wildman–Crippen MR) is 80.2 cm³/mol. The molecule has 0 saturated carbocycles. The van der Waals surface area contributed by atoms with Crippen LogP contribution in [0, 0.1) is 0 Å². The van der Waals surface area contributed by atoms with Gasteiger partial charge in [0.15, 0.2) is 4.33 Å². The van der Waals surface area contributed by atoms with Crippen LogP contribution in [0.25, 0.3) is 0 Å². The number of hydrogen-bond acceptors (Lipinski definition) is 0. The molecule has 0 radical (unpaired) electrons. The zero-order valence-corrected chi connectivity index (χ0v) is 14.3. The standard InChI is InChI=1S/C8HCl9/c9-3-1-2(4(10)6(12)5(3)11)7(13,14)8(15,16)17/h1H. The van der Waals surface area contributed by atoms with Gasteiger partial charge in [-0.3, -0.25) is 0 Å². The van der Waals surface area contributed by atoms with Crippen LogP contribution < -0.4 is 0 Å². The largest absolute Gasteiger partial charge is 0.227 e. The van der Waals surface area contributed by atoms with Crippen molar-refractivity contribution in [3.63, 3.8) is 0 Å². The van der Waals surface area contributed by atoms with Crippen LogP contribution in [0.15, 0.2) is 6.07 Å². The number of rotatable bonds is 1. The molecule has 0 aromatic heterocycles. The van der Waals surface area contributed by atoms with Gasteiger partial charge in [0, 0.05) is 5.56 Å². The van der Waals surface area contributed by atoms with E-state index in [0.29, 0.717) is 0 Å². The second-order valence-electron chi connectivity index (χ2n) is 2.92. The maximum atomic E-state index is 5.96. The van der Waals surface area contributed by atoms with E-state index in [9.17, 15) is 0 Å². The minimum absolute atomic E-state index is 0.0178. The van der Waals surface area contributed by atoms with Gasteiger partial charge in [0.2, 0.25) is 3.79 Å². The summed E-state index contributed by atoms with van der Waals surface area (Å²) in [5, 5.41) is 0.111. The van der Waals surface area contributed by atoms with Crippen molar-refractivity contribution in [3.8, 4) is 0 Å². The van der Waals surface area contributed by atoms with Crippen molar-refractivity contribution in [3.05, 3.63) is 31.7 Å². The van der Waals surface area contributed by atoms with Crippen LogP contribution in [-0.2, 0) is 4.33 Å². The number of hydrogen-bond donors (Lipinski definition) is 0. The lowest BCUT2D eigenvalue weighted by Gasteiger charge is -2.29. The van der Waals surface area contributed by atoms with Gasteiger partial charge < -0.3 is 0 Å². The van der Waals surface area contributed by atoms with Crippen molar-refractivity contribution >= 4 is 104 Å². The Morgan fingerprint density at radius 3 is 1.59 bits per heavy atom. The van der Waals surface area contributed by atoms with E-state index >= 15 is 0 Å². The average molecular weight is 416 g/mol. The van der Waals surface area contributed by atoms with E-state index in [4.69, 9.17) is 104 Å². The van der Waals surface area contributed by atoms with Crippen LogP contribution >= 0.6 is 104 Å². The highest BCUT2D eigenvalue weighted by atomic mass is 35.6. The number of alkyl halides is 5. The van der Waals surface area contributed by atoms with Gasteiger partial charge in [-0.1, -0.05) is 104 Å². The molecule has 0 fully saturated rings. The molecule has 17 heavy (non-hydrogen) atoms. The predicted octanol–water partition coefficient (Wildman–Crippen LogP) is 7.30. The van der Waals surface area contributed by atoms with E-state index in [0.717, 1.165) is 0 Å². The summed E-state index contributed by atoms with van der Waals surface area (Å²) in [7, 11) is 0. The van der Waals surface area contributed by atoms with Gasteiger partial charge in [0.1, 0.15) is 0 Å². The molecule has 0 spiro atoms. The normalized spacial score (nSPS) is 13.0. The van der Waals surface area contributed by atoms with Crippen LogP contribution in [0.1, 0.15) is 5.56 Å². The molecular weight excluding hydrogens is 415 g/mol. The Bertz CT molecular complexity index is 445. The molecule has 0 aliphatic rings. The molecule has 0 amide bonds. The summed E-state index contributed by atoms with van der Waals surface area (Å²) in [6, 6.07) is 1.29. The Balaban J connectivity index is 3.54. The second-order valence-corrected chi connectivity index (χ2v) is 8.07. The molecule has 0 atom stereocenters. The summed E-state index contributed by atoms with van der Waals surface area (Å²) < 4.78 is -3.95. The third kappa shape index (κ3) is 3.29. The SMILES string of the molecule is Clc1cc(C(Cl)(Cl)C(Cl)(Cl)Cl)c(Cl)c(Cl)c1Cl. The van der Waals surface area contributed by atoms with Gasteiger partial charge in [-0.05, 0) is 6.07 Å². The van der Waals surface area contributed by atoms with E-state index < -0.39 is 8.13 Å². The lowest BCUT2D eigenvalue weighted by atomic mass is 10.1. The van der Waals surface area contributed by atoms with E-state index in [-0.39, 0.29) is 25.7 Å². The highest BCUT2D eigenvalue weighted by Crippen LogP contribution is 2.56. The van der Waals surface area contributed by atoms with Crippen LogP contribution in [0.2, 0.25) is 20.1 Å². The quantitative estimate of drug-likeness (QED) is 0.256. The number of halogens is 9. The summed E-state index contributed by atoms with van der Waals surface area (Å²) in [6.07, 6.45) is 0. The summed E-state index contributed by atoms with van der Waals surface area (Å²) in [5.74, 6) is 0. The molecule has 9 heteroatoms. The Labute approximate surface area is 143 Å². The first-order valence-electron chi connectivity index (χ1n) is 3.78. The maximum absolute atomic E-state index is 5.96. The molecule has 1 aromatic rings. The third-order valence-electron chi connectivity index (χ3n) is 1.80. The van der Waals surface area contributed by atoms with Gasteiger partial charge in [0.25, 0.3) is 0 Å². The summed E-state index contributed by atoms with van der Waals surface area (Å²) >= 11 is 52.3. The molecular formula is C8HCl9. The molecule has 0 aliphatic carbocycles. The maximum Gasteiger partial charge on any atom is 0.227 e. The molecule has 0 bridgehead atoms. The van der Waals surface area contributed by atoms with E-state index in [1.165, 1.54) is 6.07 Å². The Morgan fingerprint density at radius 1 is 0.706 bits per heavy atom. The van der Waals surface area contributed by atoms with Crippen LogP contribution in [0.3, 0.4) is 0 Å². The molecule has 1 aromatic carbocycles. The third-order valence-corrected chi connectivity index (χ3v) is 5.95. The zero-order valence-electron chi connectivity index (χ0n) is 7.48. The van der Waals surface area contributed by atoms with Crippen LogP contribution in [-0.4, -0.2) is 3.79 Å². The summed E-state index contributed by atoms with van der Waals surface area (Å²) in [5.41, 5.74) is 0.0573. The van der Waals surface area contributed by atoms with Crippen molar-refractivity contribution in [2.24, 2.45) is 0 Å². The monoisotopic (exact) mass is 412 g/mol. The molecule has 0 heterocycles. The Morgan fingerprint density at radius 2 is 1.18 bits per heavy atom. The van der Waals surface area contributed by atoms with Crippen molar-refractivity contribution in [1.29, 1.82) is 0 Å². The minimum atomic E-state index is -2.03. The summed E-state index contributed by atoms with van der Waals surface area (Å²) in [4.78, 5) is 0. The van der Waals surface area contributed by atoms with Gasteiger partial charge in [0.05, 0.1) is 20.1 Å². The van der Waals surface area contributed by atoms with Gasteiger partial charge in [-0.2, -0.15) is 0 Å². The molecule has 96 valence electrons. The average Bonchev–Trinajstić information content (AvgIpc) is 2.18. The smallest absolute Gasteiger partial charge is 0.0914 e. The first kappa shape index (κ1) is 16.9. The van der Waals surface area contributed by atoms with Gasteiger partial charge in [-0.15, -0.1) is 0 Å². The Kier molecular flexibility index (Phi) is 5.64. The van der Waals surface area contributed by atoms with E-state index in [1.807, 2.05) is 0 Å². The minimum Gasteiger partial charge on any atom is -0.0914 e. The molecule has 0 aliphatic heterocycles. The topological polar surface area (TPSA) is 0 Å².